The Hall–Kier alpha value is -1.46. The van der Waals surface area contributed by atoms with E-state index in [4.69, 9.17) is 0 Å². The van der Waals surface area contributed by atoms with Gasteiger partial charge in [-0.05, 0) is 17.5 Å². The Morgan fingerprint density at radius 3 is 2.58 bits per heavy atom. The number of carboxylic acids is 1. The molecule has 5 heteroatoms. The van der Waals surface area contributed by atoms with Crippen LogP contribution in [0.15, 0.2) is 22.9 Å². The Balaban J connectivity index is 2.38. The monoisotopic (exact) mass is 293 g/mol. The van der Waals surface area contributed by atoms with E-state index >= 15 is 0 Å². The second-order valence-corrected chi connectivity index (χ2v) is 6.97. The van der Waals surface area contributed by atoms with Gasteiger partial charge in [-0.2, -0.15) is 0 Å². The SMILES string of the molecule is CC(C)(C)c1nc(/C=C(/C(=O)O)c2cccs2)cs1. The largest absolute Gasteiger partial charge is 0.478 e. The van der Waals surface area contributed by atoms with Crippen molar-refractivity contribution >= 4 is 40.3 Å². The molecule has 3 nitrogen and oxygen atoms in total. The molecule has 0 spiro atoms. The second-order valence-electron chi connectivity index (χ2n) is 5.17. The maximum absolute atomic E-state index is 11.3. The molecule has 0 bridgehead atoms. The molecule has 0 fully saturated rings. The number of hydrogen-bond acceptors (Lipinski definition) is 4. The predicted octanol–water partition coefficient (Wildman–Crippen LogP) is 4.13. The maximum Gasteiger partial charge on any atom is 0.337 e. The van der Waals surface area contributed by atoms with Crippen LogP contribution in [0.5, 0.6) is 0 Å². The molecule has 19 heavy (non-hydrogen) atoms. The summed E-state index contributed by atoms with van der Waals surface area (Å²) >= 11 is 2.98. The minimum absolute atomic E-state index is 0.0108. The molecule has 0 aromatic carbocycles. The van der Waals surface area contributed by atoms with Crippen LogP contribution in [-0.2, 0) is 10.2 Å². The molecule has 2 heterocycles. The number of thiazole rings is 1. The molecular weight excluding hydrogens is 278 g/mol. The van der Waals surface area contributed by atoms with E-state index in [1.165, 1.54) is 11.3 Å². The van der Waals surface area contributed by atoms with Crippen molar-refractivity contribution in [1.82, 2.24) is 4.98 Å². The Bertz CT molecular complexity index is 604. The number of nitrogens with zero attached hydrogens (tertiary/aromatic N) is 1. The van der Waals surface area contributed by atoms with Crippen molar-refractivity contribution in [2.75, 3.05) is 0 Å². The highest BCUT2D eigenvalue weighted by Gasteiger charge is 2.18. The van der Waals surface area contributed by atoms with E-state index in [-0.39, 0.29) is 5.41 Å². The fraction of sp³-hybridized carbons (Fsp3) is 0.286. The molecule has 0 amide bonds. The van der Waals surface area contributed by atoms with Crippen LogP contribution >= 0.6 is 22.7 Å². The van der Waals surface area contributed by atoms with Crippen LogP contribution in [0.2, 0.25) is 0 Å². The smallest absolute Gasteiger partial charge is 0.337 e. The van der Waals surface area contributed by atoms with Crippen molar-refractivity contribution in [3.8, 4) is 0 Å². The molecule has 0 aliphatic carbocycles. The van der Waals surface area contributed by atoms with Gasteiger partial charge in [0, 0.05) is 15.7 Å². The van der Waals surface area contributed by atoms with E-state index in [1.807, 2.05) is 22.9 Å². The van der Waals surface area contributed by atoms with Gasteiger partial charge >= 0.3 is 5.97 Å². The van der Waals surface area contributed by atoms with Gasteiger partial charge in [-0.15, -0.1) is 22.7 Å². The van der Waals surface area contributed by atoms with Crippen molar-refractivity contribution in [1.29, 1.82) is 0 Å². The molecular formula is C14H15NO2S2. The van der Waals surface area contributed by atoms with E-state index in [0.29, 0.717) is 11.3 Å². The summed E-state index contributed by atoms with van der Waals surface area (Å²) in [4.78, 5) is 16.6. The average Bonchev–Trinajstić information content (AvgIpc) is 2.95. The quantitative estimate of drug-likeness (QED) is 0.866. The fourth-order valence-corrected chi connectivity index (χ4v) is 3.11. The van der Waals surface area contributed by atoms with Gasteiger partial charge in [0.2, 0.25) is 0 Å². The molecule has 2 aromatic heterocycles. The summed E-state index contributed by atoms with van der Waals surface area (Å²) in [6.07, 6.45) is 1.64. The zero-order chi connectivity index (χ0) is 14.0. The third kappa shape index (κ3) is 3.30. The minimum Gasteiger partial charge on any atom is -0.478 e. The third-order valence-electron chi connectivity index (χ3n) is 2.47. The first-order chi connectivity index (χ1) is 8.88. The van der Waals surface area contributed by atoms with Gasteiger partial charge in [0.05, 0.1) is 16.3 Å². The summed E-state index contributed by atoms with van der Waals surface area (Å²) in [5.41, 5.74) is 0.991. The van der Waals surface area contributed by atoms with Gasteiger partial charge in [-0.3, -0.25) is 0 Å². The van der Waals surface area contributed by atoms with Crippen LogP contribution in [0.1, 0.15) is 36.3 Å². The predicted molar refractivity (Wildman–Crippen MR) is 80.6 cm³/mol. The highest BCUT2D eigenvalue weighted by Crippen LogP contribution is 2.28. The molecule has 0 saturated heterocycles. The van der Waals surface area contributed by atoms with Crippen molar-refractivity contribution in [2.24, 2.45) is 0 Å². The first-order valence-corrected chi connectivity index (χ1v) is 7.59. The van der Waals surface area contributed by atoms with Crippen LogP contribution in [0.3, 0.4) is 0 Å². The van der Waals surface area contributed by atoms with E-state index in [0.717, 1.165) is 9.88 Å². The van der Waals surface area contributed by atoms with Gasteiger partial charge in [0.25, 0.3) is 0 Å². The Kier molecular flexibility index (Phi) is 3.87. The van der Waals surface area contributed by atoms with E-state index in [2.05, 4.69) is 25.8 Å². The minimum atomic E-state index is -0.923. The Morgan fingerprint density at radius 2 is 2.11 bits per heavy atom. The molecule has 0 aliphatic heterocycles. The fourth-order valence-electron chi connectivity index (χ4n) is 1.51. The molecule has 0 unspecified atom stereocenters. The summed E-state index contributed by atoms with van der Waals surface area (Å²) in [7, 11) is 0. The first kappa shape index (κ1) is 14.0. The first-order valence-electron chi connectivity index (χ1n) is 5.83. The summed E-state index contributed by atoms with van der Waals surface area (Å²) in [5.74, 6) is -0.923. The third-order valence-corrected chi connectivity index (χ3v) is 4.66. The van der Waals surface area contributed by atoms with E-state index in [9.17, 15) is 9.90 Å². The lowest BCUT2D eigenvalue weighted by molar-refractivity contribution is -0.130. The zero-order valence-corrected chi connectivity index (χ0v) is 12.6. The number of aliphatic carboxylic acids is 1. The van der Waals surface area contributed by atoms with Gasteiger partial charge < -0.3 is 5.11 Å². The van der Waals surface area contributed by atoms with Gasteiger partial charge in [-0.25, -0.2) is 9.78 Å². The summed E-state index contributed by atoms with van der Waals surface area (Å²) in [6.45, 7) is 6.28. The normalized spacial score (nSPS) is 12.7. The second kappa shape index (κ2) is 5.27. The number of rotatable bonds is 3. The van der Waals surface area contributed by atoms with Crippen molar-refractivity contribution in [3.05, 3.63) is 38.5 Å². The highest BCUT2D eigenvalue weighted by atomic mass is 32.1. The van der Waals surface area contributed by atoms with Crippen molar-refractivity contribution in [3.63, 3.8) is 0 Å². The van der Waals surface area contributed by atoms with Crippen LogP contribution in [-0.4, -0.2) is 16.1 Å². The number of carbonyl (C=O) groups is 1. The van der Waals surface area contributed by atoms with Crippen LogP contribution in [0, 0.1) is 0 Å². The van der Waals surface area contributed by atoms with Crippen LogP contribution in [0.25, 0.3) is 11.6 Å². The number of carboxylic acid groups (broad SMARTS) is 1. The van der Waals surface area contributed by atoms with Crippen LogP contribution in [0.4, 0.5) is 0 Å². The summed E-state index contributed by atoms with van der Waals surface area (Å²) in [5, 5.41) is 14.1. The Labute approximate surface area is 120 Å². The number of hydrogen-bond donors (Lipinski definition) is 1. The highest BCUT2D eigenvalue weighted by molar-refractivity contribution is 7.11. The molecule has 0 atom stereocenters. The molecule has 2 rings (SSSR count). The maximum atomic E-state index is 11.3. The molecule has 2 aromatic rings. The van der Waals surface area contributed by atoms with Crippen molar-refractivity contribution < 1.29 is 9.90 Å². The molecule has 0 aliphatic rings. The summed E-state index contributed by atoms with van der Waals surface area (Å²) in [6, 6.07) is 3.65. The molecule has 1 N–H and O–H groups in total. The van der Waals surface area contributed by atoms with E-state index < -0.39 is 5.97 Å². The lowest BCUT2D eigenvalue weighted by atomic mass is 9.98. The average molecular weight is 293 g/mol. The topological polar surface area (TPSA) is 50.2 Å². The van der Waals surface area contributed by atoms with Crippen LogP contribution < -0.4 is 0 Å². The van der Waals surface area contributed by atoms with Gasteiger partial charge in [0.15, 0.2) is 0 Å². The standard InChI is InChI=1S/C14H15NO2S2/c1-14(2,3)13-15-9(8-19-13)7-10(12(16)17)11-5-4-6-18-11/h4-8H,1-3H3,(H,16,17)/b10-7+. The number of aromatic nitrogens is 1. The number of thiophene rings is 1. The van der Waals surface area contributed by atoms with E-state index in [1.54, 1.807) is 17.4 Å². The molecule has 0 radical (unpaired) electrons. The Morgan fingerprint density at radius 1 is 1.37 bits per heavy atom. The lowest BCUT2D eigenvalue weighted by Gasteiger charge is -2.13. The van der Waals surface area contributed by atoms with Gasteiger partial charge in [-0.1, -0.05) is 26.8 Å². The molecule has 0 saturated carbocycles. The molecule has 100 valence electrons. The lowest BCUT2D eigenvalue weighted by Crippen LogP contribution is -2.10. The summed E-state index contributed by atoms with van der Waals surface area (Å²) < 4.78 is 0. The zero-order valence-electron chi connectivity index (χ0n) is 11.0. The van der Waals surface area contributed by atoms with Crippen molar-refractivity contribution in [2.45, 2.75) is 26.2 Å². The van der Waals surface area contributed by atoms with Gasteiger partial charge in [0.1, 0.15) is 0 Å².